The van der Waals surface area contributed by atoms with Gasteiger partial charge in [-0.05, 0) is 37.3 Å². The van der Waals surface area contributed by atoms with Gasteiger partial charge < -0.3 is 10.1 Å². The van der Waals surface area contributed by atoms with Crippen LogP contribution in [-0.4, -0.2) is 10.8 Å². The molecule has 2 aromatic carbocycles. The topological polar surface area (TPSA) is 24.5 Å². The van der Waals surface area contributed by atoms with Crippen molar-refractivity contribution in [3.63, 3.8) is 0 Å². The molecule has 2 aromatic rings. The van der Waals surface area contributed by atoms with E-state index >= 15 is 0 Å². The first-order chi connectivity index (χ1) is 10.6. The van der Waals surface area contributed by atoms with Crippen LogP contribution in [0.3, 0.4) is 0 Å². The zero-order chi connectivity index (χ0) is 15.3. The van der Waals surface area contributed by atoms with Crippen LogP contribution >= 0.6 is 12.2 Å². The predicted molar refractivity (Wildman–Crippen MR) is 87.4 cm³/mol. The van der Waals surface area contributed by atoms with E-state index in [1.807, 2.05) is 31.2 Å². The van der Waals surface area contributed by atoms with Gasteiger partial charge in [0.15, 0.2) is 10.8 Å². The third kappa shape index (κ3) is 1.89. The summed E-state index contributed by atoms with van der Waals surface area (Å²) in [6, 6.07) is 14.6. The van der Waals surface area contributed by atoms with Gasteiger partial charge in [0.25, 0.3) is 0 Å². The number of rotatable bonds is 1. The Morgan fingerprint density at radius 1 is 1.23 bits per heavy atom. The number of ether oxygens (including phenoxy) is 1. The molecular formula is C17H15FN2OS. The van der Waals surface area contributed by atoms with Gasteiger partial charge in [-0.1, -0.05) is 30.3 Å². The number of para-hydroxylation sites is 2. The predicted octanol–water partition coefficient (Wildman–Crippen LogP) is 3.76. The fraction of sp³-hybridized carbons (Fsp3) is 0.235. The molecule has 2 aliphatic heterocycles. The van der Waals surface area contributed by atoms with Gasteiger partial charge in [0.05, 0.1) is 11.7 Å². The van der Waals surface area contributed by atoms with Gasteiger partial charge in [-0.15, -0.1) is 0 Å². The van der Waals surface area contributed by atoms with Crippen LogP contribution in [-0.2, 0) is 0 Å². The van der Waals surface area contributed by atoms with Crippen LogP contribution in [0, 0.1) is 5.82 Å². The molecule has 2 heterocycles. The van der Waals surface area contributed by atoms with Crippen LogP contribution in [0.25, 0.3) is 0 Å². The van der Waals surface area contributed by atoms with E-state index in [-0.39, 0.29) is 11.9 Å². The highest BCUT2D eigenvalue weighted by molar-refractivity contribution is 7.80. The molecule has 1 saturated heterocycles. The van der Waals surface area contributed by atoms with E-state index in [9.17, 15) is 4.39 Å². The lowest BCUT2D eigenvalue weighted by atomic mass is 9.90. The summed E-state index contributed by atoms with van der Waals surface area (Å²) in [6.45, 7) is 1.95. The third-order valence-corrected chi connectivity index (χ3v) is 4.57. The summed E-state index contributed by atoms with van der Waals surface area (Å²) in [4.78, 5) is 1.74. The molecule has 2 aliphatic rings. The molecule has 112 valence electrons. The van der Waals surface area contributed by atoms with Crippen LogP contribution in [0.2, 0.25) is 0 Å². The molecule has 0 spiro atoms. The number of nitrogens with one attached hydrogen (secondary N) is 1. The maximum absolute atomic E-state index is 14.3. The van der Waals surface area contributed by atoms with Crippen LogP contribution in [0.5, 0.6) is 5.75 Å². The first kappa shape index (κ1) is 13.5. The molecule has 0 aromatic heterocycles. The van der Waals surface area contributed by atoms with Crippen molar-refractivity contribution in [1.82, 2.24) is 5.32 Å². The molecule has 5 heteroatoms. The van der Waals surface area contributed by atoms with Crippen molar-refractivity contribution in [2.75, 3.05) is 4.90 Å². The minimum Gasteiger partial charge on any atom is -0.467 e. The number of benzene rings is 2. The van der Waals surface area contributed by atoms with Crippen molar-refractivity contribution < 1.29 is 9.13 Å². The number of nitrogens with zero attached hydrogens (tertiary/aromatic N) is 1. The van der Waals surface area contributed by atoms with E-state index in [2.05, 4.69) is 5.32 Å². The molecular weight excluding hydrogens is 299 g/mol. The Bertz CT molecular complexity index is 766. The highest BCUT2D eigenvalue weighted by Gasteiger charge is 2.48. The van der Waals surface area contributed by atoms with E-state index in [0.717, 1.165) is 11.3 Å². The van der Waals surface area contributed by atoms with Gasteiger partial charge in [0.1, 0.15) is 11.6 Å². The Kier molecular flexibility index (Phi) is 2.87. The number of hydrogen-bond donors (Lipinski definition) is 1. The molecule has 1 fully saturated rings. The minimum atomic E-state index is -0.705. The molecule has 1 N–H and O–H groups in total. The maximum atomic E-state index is 14.3. The molecule has 3 nitrogen and oxygen atoms in total. The third-order valence-electron chi connectivity index (χ3n) is 4.27. The summed E-state index contributed by atoms with van der Waals surface area (Å²) >= 11 is 5.49. The summed E-state index contributed by atoms with van der Waals surface area (Å²) in [6.07, 6.45) is 0.693. The van der Waals surface area contributed by atoms with E-state index in [4.69, 9.17) is 17.0 Å². The SMILES string of the molecule is C[C@]12C[C@@H](NC(=S)N1c1ccccc1F)c1ccccc1O2. The Morgan fingerprint density at radius 2 is 1.95 bits per heavy atom. The Hall–Kier alpha value is -2.14. The lowest BCUT2D eigenvalue weighted by molar-refractivity contribution is 0.0492. The molecule has 0 unspecified atom stereocenters. The number of hydrogen-bond acceptors (Lipinski definition) is 2. The van der Waals surface area contributed by atoms with Crippen molar-refractivity contribution in [2.45, 2.75) is 25.1 Å². The van der Waals surface area contributed by atoms with Gasteiger partial charge in [-0.3, -0.25) is 4.90 Å². The Labute approximate surface area is 133 Å². The fourth-order valence-electron chi connectivity index (χ4n) is 3.32. The highest BCUT2D eigenvalue weighted by atomic mass is 32.1. The summed E-state index contributed by atoms with van der Waals surface area (Å²) in [5.74, 6) is 0.506. The second-order valence-electron chi connectivity index (χ2n) is 5.81. The van der Waals surface area contributed by atoms with Crippen molar-refractivity contribution >= 4 is 23.0 Å². The number of halogens is 1. The Balaban J connectivity index is 1.84. The van der Waals surface area contributed by atoms with E-state index in [0.29, 0.717) is 17.2 Å². The molecule has 0 radical (unpaired) electrons. The standard InChI is InChI=1S/C17H15FN2OS/c1-17-10-13(11-6-2-5-9-15(11)21-17)19-16(22)20(17)14-8-4-3-7-12(14)18/h2-9,13H,10H2,1H3,(H,19,22)/t13-,17+/m1/s1. The number of thiocarbonyl (C=S) groups is 1. The monoisotopic (exact) mass is 314 g/mol. The van der Waals surface area contributed by atoms with Crippen molar-refractivity contribution in [2.24, 2.45) is 0 Å². The largest absolute Gasteiger partial charge is 0.467 e. The quantitative estimate of drug-likeness (QED) is 0.810. The van der Waals surface area contributed by atoms with Gasteiger partial charge in [0.2, 0.25) is 0 Å². The summed E-state index contributed by atoms with van der Waals surface area (Å²) < 4.78 is 20.5. The normalized spacial score (nSPS) is 26.0. The van der Waals surface area contributed by atoms with Gasteiger partial charge in [0, 0.05) is 12.0 Å². The lowest BCUT2D eigenvalue weighted by Crippen LogP contribution is -2.65. The summed E-state index contributed by atoms with van der Waals surface area (Å²) in [5.41, 5.74) is 0.819. The van der Waals surface area contributed by atoms with Crippen LogP contribution in [0.4, 0.5) is 10.1 Å². The molecule has 2 bridgehead atoms. The first-order valence-corrected chi connectivity index (χ1v) is 7.62. The highest BCUT2D eigenvalue weighted by Crippen LogP contribution is 2.45. The van der Waals surface area contributed by atoms with Crippen LogP contribution in [0.15, 0.2) is 48.5 Å². The van der Waals surface area contributed by atoms with Crippen LogP contribution in [0.1, 0.15) is 24.9 Å². The van der Waals surface area contributed by atoms with Gasteiger partial charge in [-0.25, -0.2) is 4.39 Å². The number of fused-ring (bicyclic) bond motifs is 4. The maximum Gasteiger partial charge on any atom is 0.188 e. The second-order valence-corrected chi connectivity index (χ2v) is 6.19. The first-order valence-electron chi connectivity index (χ1n) is 7.22. The second kappa shape index (κ2) is 4.68. The smallest absolute Gasteiger partial charge is 0.188 e. The van der Waals surface area contributed by atoms with Crippen molar-refractivity contribution in [3.05, 3.63) is 59.9 Å². The van der Waals surface area contributed by atoms with Crippen molar-refractivity contribution in [1.29, 1.82) is 0 Å². The van der Waals surface area contributed by atoms with Crippen LogP contribution < -0.4 is 15.0 Å². The molecule has 2 atom stereocenters. The number of anilines is 1. The molecule has 0 aliphatic carbocycles. The van der Waals surface area contributed by atoms with E-state index < -0.39 is 5.72 Å². The summed E-state index contributed by atoms with van der Waals surface area (Å²) in [5, 5.41) is 3.80. The summed E-state index contributed by atoms with van der Waals surface area (Å²) in [7, 11) is 0. The average Bonchev–Trinajstić information content (AvgIpc) is 2.48. The molecule has 0 amide bonds. The lowest BCUT2D eigenvalue weighted by Gasteiger charge is -2.52. The zero-order valence-corrected chi connectivity index (χ0v) is 12.9. The molecule has 0 saturated carbocycles. The minimum absolute atomic E-state index is 0.0884. The van der Waals surface area contributed by atoms with E-state index in [1.165, 1.54) is 6.07 Å². The van der Waals surface area contributed by atoms with Gasteiger partial charge >= 0.3 is 0 Å². The average molecular weight is 314 g/mol. The Morgan fingerprint density at radius 3 is 2.77 bits per heavy atom. The zero-order valence-electron chi connectivity index (χ0n) is 12.0. The van der Waals surface area contributed by atoms with E-state index in [1.54, 1.807) is 23.1 Å². The van der Waals surface area contributed by atoms with Crippen molar-refractivity contribution in [3.8, 4) is 5.75 Å². The fourth-order valence-corrected chi connectivity index (χ4v) is 3.75. The molecule has 4 rings (SSSR count). The molecule has 22 heavy (non-hydrogen) atoms. The van der Waals surface area contributed by atoms with Gasteiger partial charge in [-0.2, -0.15) is 0 Å².